The van der Waals surface area contributed by atoms with Crippen molar-refractivity contribution in [3.05, 3.63) is 116 Å². The van der Waals surface area contributed by atoms with Crippen LogP contribution in [0.5, 0.6) is 11.5 Å². The molecular formula is C28H26N4O5. The number of nitrogens with one attached hydrogen (secondary N) is 1. The number of aromatic amines is 1. The van der Waals surface area contributed by atoms with Gasteiger partial charge in [-0.25, -0.2) is 4.79 Å². The van der Waals surface area contributed by atoms with Crippen LogP contribution >= 0.6 is 0 Å². The summed E-state index contributed by atoms with van der Waals surface area (Å²) in [5.74, 6) is 0.754. The number of hydrogen-bond donors (Lipinski definition) is 2. The molecule has 188 valence electrons. The standard InChI is InChI=1S/C28H26N4O5/c29-26-25(27(34)30-28(35)32(26)18-20-9-5-2-6-10-20)31(17-19-7-3-1-4-8-19)24(33)16-21-11-12-22-23(15-21)37-14-13-36-22/h1-12,15H,13-14,16-18,29H2,(H,30,34,35). The van der Waals surface area contributed by atoms with Gasteiger partial charge in [-0.1, -0.05) is 66.7 Å². The summed E-state index contributed by atoms with van der Waals surface area (Å²) < 4.78 is 12.5. The zero-order valence-electron chi connectivity index (χ0n) is 20.1. The lowest BCUT2D eigenvalue weighted by Crippen LogP contribution is -2.41. The maximum Gasteiger partial charge on any atom is 0.330 e. The van der Waals surface area contributed by atoms with Crippen molar-refractivity contribution in [3.8, 4) is 11.5 Å². The Morgan fingerprint density at radius 3 is 2.22 bits per heavy atom. The third-order valence-electron chi connectivity index (χ3n) is 6.11. The molecule has 3 aromatic carbocycles. The van der Waals surface area contributed by atoms with Crippen LogP contribution in [0.2, 0.25) is 0 Å². The highest BCUT2D eigenvalue weighted by molar-refractivity contribution is 5.96. The Labute approximate surface area is 212 Å². The smallest absolute Gasteiger partial charge is 0.330 e. The minimum absolute atomic E-state index is 0.0137. The van der Waals surface area contributed by atoms with Gasteiger partial charge in [0.2, 0.25) is 5.91 Å². The van der Waals surface area contributed by atoms with E-state index in [9.17, 15) is 14.4 Å². The molecule has 37 heavy (non-hydrogen) atoms. The highest BCUT2D eigenvalue weighted by atomic mass is 16.6. The van der Waals surface area contributed by atoms with Gasteiger partial charge in [0.25, 0.3) is 5.56 Å². The van der Waals surface area contributed by atoms with Crippen LogP contribution in [0.1, 0.15) is 16.7 Å². The molecule has 0 fully saturated rings. The number of aromatic nitrogens is 2. The first-order valence-electron chi connectivity index (χ1n) is 11.9. The maximum absolute atomic E-state index is 13.7. The molecule has 0 atom stereocenters. The van der Waals surface area contributed by atoms with Gasteiger partial charge in [0.15, 0.2) is 17.2 Å². The van der Waals surface area contributed by atoms with Gasteiger partial charge in [-0.15, -0.1) is 0 Å². The van der Waals surface area contributed by atoms with E-state index in [1.165, 1.54) is 9.47 Å². The van der Waals surface area contributed by atoms with Gasteiger partial charge in [-0.3, -0.25) is 24.0 Å². The van der Waals surface area contributed by atoms with Gasteiger partial charge in [0.1, 0.15) is 19.0 Å². The third-order valence-corrected chi connectivity index (χ3v) is 6.11. The average Bonchev–Trinajstić information content (AvgIpc) is 2.91. The van der Waals surface area contributed by atoms with Gasteiger partial charge in [0.05, 0.1) is 19.5 Å². The summed E-state index contributed by atoms with van der Waals surface area (Å²) in [6, 6.07) is 23.9. The summed E-state index contributed by atoms with van der Waals surface area (Å²) >= 11 is 0. The Bertz CT molecular complexity index is 1530. The van der Waals surface area contributed by atoms with Gasteiger partial charge in [-0.05, 0) is 28.8 Å². The molecule has 1 aliphatic rings. The zero-order chi connectivity index (χ0) is 25.8. The van der Waals surface area contributed by atoms with Crippen LogP contribution < -0.4 is 31.4 Å². The Morgan fingerprint density at radius 1 is 0.865 bits per heavy atom. The third kappa shape index (κ3) is 5.25. The maximum atomic E-state index is 13.7. The lowest BCUT2D eigenvalue weighted by molar-refractivity contribution is -0.118. The first-order chi connectivity index (χ1) is 18.0. The van der Waals surface area contributed by atoms with Crippen LogP contribution in [0.15, 0.2) is 88.5 Å². The van der Waals surface area contributed by atoms with Crippen LogP contribution in [0, 0.1) is 0 Å². The first kappa shape index (κ1) is 23.9. The molecule has 2 heterocycles. The van der Waals surface area contributed by atoms with Crippen LogP contribution in [-0.2, 0) is 24.3 Å². The van der Waals surface area contributed by atoms with Crippen molar-refractivity contribution in [2.75, 3.05) is 23.8 Å². The summed E-state index contributed by atoms with van der Waals surface area (Å²) in [5.41, 5.74) is 7.31. The molecule has 0 radical (unpaired) electrons. The fourth-order valence-corrected chi connectivity index (χ4v) is 4.29. The molecule has 1 aromatic heterocycles. The molecule has 1 amide bonds. The van der Waals surface area contributed by atoms with E-state index in [0.717, 1.165) is 11.1 Å². The first-order valence-corrected chi connectivity index (χ1v) is 11.9. The highest BCUT2D eigenvalue weighted by Gasteiger charge is 2.25. The Morgan fingerprint density at radius 2 is 1.51 bits per heavy atom. The Hall–Kier alpha value is -4.79. The molecule has 3 N–H and O–H groups in total. The van der Waals surface area contributed by atoms with Crippen molar-refractivity contribution in [1.82, 2.24) is 9.55 Å². The topological polar surface area (TPSA) is 120 Å². The van der Waals surface area contributed by atoms with E-state index in [2.05, 4.69) is 4.98 Å². The van der Waals surface area contributed by atoms with Gasteiger partial charge >= 0.3 is 5.69 Å². The quantitative estimate of drug-likeness (QED) is 0.404. The number of amides is 1. The number of carbonyl (C=O) groups is 1. The fourth-order valence-electron chi connectivity index (χ4n) is 4.29. The minimum Gasteiger partial charge on any atom is -0.486 e. The predicted molar refractivity (Wildman–Crippen MR) is 140 cm³/mol. The summed E-state index contributed by atoms with van der Waals surface area (Å²) in [7, 11) is 0. The molecular weight excluding hydrogens is 472 g/mol. The van der Waals surface area contributed by atoms with E-state index < -0.39 is 11.2 Å². The molecule has 1 aliphatic heterocycles. The van der Waals surface area contributed by atoms with E-state index in [0.29, 0.717) is 30.3 Å². The number of H-pyrrole nitrogens is 1. The van der Waals surface area contributed by atoms with Crippen LogP contribution in [0.25, 0.3) is 0 Å². The molecule has 0 saturated heterocycles. The molecule has 0 aliphatic carbocycles. The van der Waals surface area contributed by atoms with Gasteiger partial charge in [0, 0.05) is 0 Å². The summed E-state index contributed by atoms with van der Waals surface area (Å²) in [4.78, 5) is 43.1. The largest absolute Gasteiger partial charge is 0.486 e. The molecule has 0 bridgehead atoms. The summed E-state index contributed by atoms with van der Waals surface area (Å²) in [5, 5.41) is 0. The van der Waals surface area contributed by atoms with Crippen molar-refractivity contribution < 1.29 is 14.3 Å². The highest BCUT2D eigenvalue weighted by Crippen LogP contribution is 2.31. The predicted octanol–water partition coefficient (Wildman–Crippen LogP) is 2.71. The molecule has 9 heteroatoms. The molecule has 0 spiro atoms. The summed E-state index contributed by atoms with van der Waals surface area (Å²) in [6.07, 6.45) is -0.0137. The second-order valence-electron chi connectivity index (χ2n) is 8.69. The molecule has 0 saturated carbocycles. The van der Waals surface area contributed by atoms with Gasteiger partial charge in [-0.2, -0.15) is 0 Å². The van der Waals surface area contributed by atoms with E-state index in [-0.39, 0.29) is 36.9 Å². The Balaban J connectivity index is 1.54. The van der Waals surface area contributed by atoms with Crippen LogP contribution in [0.4, 0.5) is 11.5 Å². The molecule has 4 aromatic rings. The van der Waals surface area contributed by atoms with Crippen molar-refractivity contribution >= 4 is 17.4 Å². The number of rotatable bonds is 7. The Kier molecular flexibility index (Phi) is 6.76. The molecule has 9 nitrogen and oxygen atoms in total. The van der Waals surface area contributed by atoms with Gasteiger partial charge < -0.3 is 15.2 Å². The van der Waals surface area contributed by atoms with E-state index in [4.69, 9.17) is 15.2 Å². The number of carbonyl (C=O) groups excluding carboxylic acids is 1. The normalized spacial score (nSPS) is 12.2. The lowest BCUT2D eigenvalue weighted by Gasteiger charge is -2.25. The number of nitrogen functional groups attached to an aromatic ring is 1. The SMILES string of the molecule is Nc1c(N(Cc2ccccc2)C(=O)Cc2ccc3c(c2)OCCO3)c(=O)[nH]c(=O)n1Cc1ccccc1. The van der Waals surface area contributed by atoms with Crippen molar-refractivity contribution in [1.29, 1.82) is 0 Å². The number of benzene rings is 3. The number of ether oxygens (including phenoxy) is 2. The van der Waals surface area contributed by atoms with Crippen molar-refractivity contribution in [2.24, 2.45) is 0 Å². The average molecular weight is 499 g/mol. The summed E-state index contributed by atoms with van der Waals surface area (Å²) in [6.45, 7) is 1.14. The lowest BCUT2D eigenvalue weighted by atomic mass is 10.1. The number of anilines is 2. The second-order valence-corrected chi connectivity index (χ2v) is 8.69. The van der Waals surface area contributed by atoms with E-state index >= 15 is 0 Å². The number of fused-ring (bicyclic) bond motifs is 1. The monoisotopic (exact) mass is 498 g/mol. The van der Waals surface area contributed by atoms with Crippen molar-refractivity contribution in [3.63, 3.8) is 0 Å². The number of nitrogens with two attached hydrogens (primary N) is 1. The zero-order valence-corrected chi connectivity index (χ0v) is 20.1. The second kappa shape index (κ2) is 10.4. The fraction of sp³-hybridized carbons (Fsp3) is 0.179. The number of nitrogens with zero attached hydrogens (tertiary/aromatic N) is 2. The minimum atomic E-state index is -0.724. The van der Waals surface area contributed by atoms with Crippen molar-refractivity contribution in [2.45, 2.75) is 19.5 Å². The molecule has 0 unspecified atom stereocenters. The van der Waals surface area contributed by atoms with Crippen LogP contribution in [-0.4, -0.2) is 28.7 Å². The number of hydrogen-bond acceptors (Lipinski definition) is 6. The molecule has 5 rings (SSSR count). The van der Waals surface area contributed by atoms with E-state index in [1.54, 1.807) is 18.2 Å². The van der Waals surface area contributed by atoms with Crippen LogP contribution in [0.3, 0.4) is 0 Å². The van der Waals surface area contributed by atoms with E-state index in [1.807, 2.05) is 60.7 Å².